The maximum absolute atomic E-state index is 4.58. The summed E-state index contributed by atoms with van der Waals surface area (Å²) in [5.74, 6) is 0. The van der Waals surface area contributed by atoms with Crippen LogP contribution in [0, 0.1) is 10.8 Å². The normalized spacial score (nSPS) is 12.4. The molecule has 0 saturated carbocycles. The minimum Gasteiger partial charge on any atom is -0.270 e. The molecule has 2 rings (SSSR count). The molecule has 0 spiro atoms. The van der Waals surface area contributed by atoms with Crippen molar-refractivity contribution >= 4 is 0 Å². The number of nitrogens with zero attached hydrogens (tertiary/aromatic N) is 2. The molecule has 1 aromatic carbocycles. The SMILES string of the molecule is CC(C)n1cc(-c2c(CC(C)(C)C)cccc2CC(C)(C)C)cn1.[Pt]. The zero-order valence-electron chi connectivity index (χ0n) is 17.1. The third-order valence-corrected chi connectivity index (χ3v) is 4.10. The third-order valence-electron chi connectivity index (χ3n) is 4.10. The van der Waals surface area contributed by atoms with Gasteiger partial charge in [-0.3, -0.25) is 4.68 Å². The number of hydrogen-bond acceptors (Lipinski definition) is 1. The largest absolute Gasteiger partial charge is 0.270 e. The first-order chi connectivity index (χ1) is 11.0. The molecular weight excluding hydrogens is 487 g/mol. The van der Waals surface area contributed by atoms with Gasteiger partial charge in [-0.05, 0) is 54.2 Å². The summed E-state index contributed by atoms with van der Waals surface area (Å²) in [7, 11) is 0. The molecule has 0 atom stereocenters. The number of aromatic nitrogens is 2. The van der Waals surface area contributed by atoms with Crippen molar-refractivity contribution in [2.45, 2.75) is 74.3 Å². The smallest absolute Gasteiger partial charge is 0.0568 e. The third kappa shape index (κ3) is 6.41. The average molecular weight is 522 g/mol. The number of rotatable bonds is 4. The van der Waals surface area contributed by atoms with Gasteiger partial charge in [0.25, 0.3) is 0 Å². The van der Waals surface area contributed by atoms with E-state index in [1.54, 1.807) is 0 Å². The van der Waals surface area contributed by atoms with Gasteiger partial charge in [-0.2, -0.15) is 5.10 Å². The zero-order chi connectivity index (χ0) is 18.1. The molecule has 25 heavy (non-hydrogen) atoms. The van der Waals surface area contributed by atoms with Gasteiger partial charge in [-0.1, -0.05) is 59.7 Å². The molecule has 1 heterocycles. The van der Waals surface area contributed by atoms with Crippen molar-refractivity contribution in [1.29, 1.82) is 0 Å². The van der Waals surface area contributed by atoms with Crippen LogP contribution in [0.5, 0.6) is 0 Å². The minimum atomic E-state index is 0. The van der Waals surface area contributed by atoms with E-state index in [4.69, 9.17) is 0 Å². The average Bonchev–Trinajstić information content (AvgIpc) is 2.84. The van der Waals surface area contributed by atoms with E-state index < -0.39 is 0 Å². The van der Waals surface area contributed by atoms with Gasteiger partial charge in [0.05, 0.1) is 6.20 Å². The molecule has 0 saturated heterocycles. The van der Waals surface area contributed by atoms with Gasteiger partial charge in [0.1, 0.15) is 0 Å². The van der Waals surface area contributed by atoms with Crippen LogP contribution in [0.25, 0.3) is 11.1 Å². The number of benzene rings is 1. The van der Waals surface area contributed by atoms with E-state index in [0.29, 0.717) is 6.04 Å². The van der Waals surface area contributed by atoms with Crippen molar-refractivity contribution in [3.8, 4) is 11.1 Å². The first-order valence-electron chi connectivity index (χ1n) is 9.11. The zero-order valence-corrected chi connectivity index (χ0v) is 19.4. The molecular formula is C22H34N2Pt. The first-order valence-corrected chi connectivity index (χ1v) is 9.11. The van der Waals surface area contributed by atoms with E-state index >= 15 is 0 Å². The van der Waals surface area contributed by atoms with E-state index in [1.807, 2.05) is 6.20 Å². The predicted octanol–water partition coefficient (Wildman–Crippen LogP) is 6.31. The van der Waals surface area contributed by atoms with Crippen molar-refractivity contribution in [2.24, 2.45) is 10.8 Å². The van der Waals surface area contributed by atoms with Crippen LogP contribution in [0.1, 0.15) is 72.6 Å². The van der Waals surface area contributed by atoms with Gasteiger partial charge in [0.2, 0.25) is 0 Å². The van der Waals surface area contributed by atoms with E-state index in [9.17, 15) is 0 Å². The van der Waals surface area contributed by atoms with Gasteiger partial charge in [-0.25, -0.2) is 0 Å². The Kier molecular flexibility index (Phi) is 7.28. The second-order valence-corrected chi connectivity index (χ2v) is 9.73. The molecule has 2 aromatic rings. The summed E-state index contributed by atoms with van der Waals surface area (Å²) in [5.41, 5.74) is 6.06. The van der Waals surface area contributed by atoms with Crippen LogP contribution in [-0.2, 0) is 33.9 Å². The Bertz CT molecular complexity index is 651. The van der Waals surface area contributed by atoms with Gasteiger partial charge in [0, 0.05) is 38.9 Å². The fourth-order valence-electron chi connectivity index (χ4n) is 3.21. The van der Waals surface area contributed by atoms with E-state index in [0.717, 1.165) is 12.8 Å². The first kappa shape index (κ1) is 22.2. The minimum absolute atomic E-state index is 0. The molecule has 0 unspecified atom stereocenters. The topological polar surface area (TPSA) is 17.8 Å². The molecule has 1 aromatic heterocycles. The Hall–Kier alpha value is -0.882. The Morgan fingerprint density at radius 1 is 0.920 bits per heavy atom. The molecule has 3 heteroatoms. The van der Waals surface area contributed by atoms with Crippen LogP contribution in [0.4, 0.5) is 0 Å². The molecule has 0 amide bonds. The maximum atomic E-state index is 4.58. The molecule has 0 aliphatic rings. The van der Waals surface area contributed by atoms with Gasteiger partial charge >= 0.3 is 0 Å². The Morgan fingerprint density at radius 3 is 1.76 bits per heavy atom. The Morgan fingerprint density at radius 2 is 1.40 bits per heavy atom. The molecule has 0 bridgehead atoms. The van der Waals surface area contributed by atoms with Crippen molar-refractivity contribution in [3.63, 3.8) is 0 Å². The van der Waals surface area contributed by atoms with Crippen LogP contribution < -0.4 is 0 Å². The molecule has 0 aliphatic carbocycles. The summed E-state index contributed by atoms with van der Waals surface area (Å²) < 4.78 is 2.06. The van der Waals surface area contributed by atoms with Crippen LogP contribution in [-0.4, -0.2) is 9.78 Å². The van der Waals surface area contributed by atoms with Crippen molar-refractivity contribution < 1.29 is 21.1 Å². The van der Waals surface area contributed by atoms with Crippen molar-refractivity contribution in [3.05, 3.63) is 41.7 Å². The predicted molar refractivity (Wildman–Crippen MR) is 104 cm³/mol. The summed E-state index contributed by atoms with van der Waals surface area (Å²) in [6, 6.07) is 7.19. The van der Waals surface area contributed by atoms with Gasteiger partial charge in [-0.15, -0.1) is 0 Å². The van der Waals surface area contributed by atoms with Crippen LogP contribution in [0.15, 0.2) is 30.6 Å². The second-order valence-electron chi connectivity index (χ2n) is 9.73. The van der Waals surface area contributed by atoms with Crippen molar-refractivity contribution in [2.75, 3.05) is 0 Å². The molecule has 142 valence electrons. The summed E-state index contributed by atoms with van der Waals surface area (Å²) >= 11 is 0. The van der Waals surface area contributed by atoms with Crippen LogP contribution in [0.2, 0.25) is 0 Å². The molecule has 0 radical (unpaired) electrons. The fourth-order valence-corrected chi connectivity index (χ4v) is 3.21. The summed E-state index contributed by atoms with van der Waals surface area (Å²) in [4.78, 5) is 0. The molecule has 2 nitrogen and oxygen atoms in total. The quantitative estimate of drug-likeness (QED) is 0.461. The summed E-state index contributed by atoms with van der Waals surface area (Å²) in [6.07, 6.45) is 6.40. The second kappa shape index (κ2) is 8.21. The van der Waals surface area contributed by atoms with Crippen LogP contribution >= 0.6 is 0 Å². The van der Waals surface area contributed by atoms with Gasteiger partial charge in [0.15, 0.2) is 0 Å². The van der Waals surface area contributed by atoms with E-state index in [1.165, 1.54) is 22.3 Å². The van der Waals surface area contributed by atoms with Gasteiger partial charge < -0.3 is 0 Å². The van der Waals surface area contributed by atoms with E-state index in [2.05, 4.69) is 89.6 Å². The van der Waals surface area contributed by atoms with Crippen molar-refractivity contribution in [1.82, 2.24) is 9.78 Å². The standard InChI is InChI=1S/C22H34N2.Pt/c1-16(2)24-15-19(14-23-24)20-17(12-21(3,4)5)10-9-11-18(20)13-22(6,7)8;/h9-11,14-16H,12-13H2,1-8H3;. The molecule has 0 fully saturated rings. The molecule has 0 N–H and O–H groups in total. The molecule has 0 aliphatic heterocycles. The monoisotopic (exact) mass is 521 g/mol. The summed E-state index contributed by atoms with van der Waals surface area (Å²) in [5, 5.41) is 4.58. The summed E-state index contributed by atoms with van der Waals surface area (Å²) in [6.45, 7) is 18.2. The van der Waals surface area contributed by atoms with Crippen LogP contribution in [0.3, 0.4) is 0 Å². The van der Waals surface area contributed by atoms with E-state index in [-0.39, 0.29) is 31.9 Å². The Balaban J connectivity index is 0.00000312. The Labute approximate surface area is 168 Å². The number of hydrogen-bond donors (Lipinski definition) is 0. The maximum Gasteiger partial charge on any atom is 0.0568 e. The fraction of sp³-hybridized carbons (Fsp3) is 0.591.